The van der Waals surface area contributed by atoms with Crippen molar-refractivity contribution in [3.8, 4) is 11.4 Å². The first-order valence-corrected chi connectivity index (χ1v) is 7.81. The number of hydrogen-bond donors (Lipinski definition) is 0. The van der Waals surface area contributed by atoms with Crippen LogP contribution >= 0.6 is 0 Å². The zero-order valence-electron chi connectivity index (χ0n) is 12.9. The Labute approximate surface area is 136 Å². The van der Waals surface area contributed by atoms with Crippen molar-refractivity contribution in [2.75, 3.05) is 6.54 Å². The molecule has 126 valence electrons. The van der Waals surface area contributed by atoms with Gasteiger partial charge in [0.05, 0.1) is 11.6 Å². The van der Waals surface area contributed by atoms with Crippen molar-refractivity contribution < 1.29 is 18.0 Å². The number of aromatic nitrogens is 3. The minimum atomic E-state index is -4.43. The van der Waals surface area contributed by atoms with E-state index >= 15 is 0 Å². The number of halogens is 3. The molecule has 0 saturated carbocycles. The summed E-state index contributed by atoms with van der Waals surface area (Å²) in [4.78, 5) is 14.3. The highest BCUT2D eigenvalue weighted by atomic mass is 19.4. The number of rotatable bonds is 1. The number of alkyl halides is 3. The highest BCUT2D eigenvalue weighted by Crippen LogP contribution is 2.40. The molecule has 1 amide bonds. The van der Waals surface area contributed by atoms with Crippen LogP contribution < -0.4 is 0 Å². The molecule has 1 fully saturated rings. The average molecular weight is 336 g/mol. The minimum Gasteiger partial charge on any atom is -0.331 e. The molecular weight excluding hydrogens is 321 g/mol. The molecule has 24 heavy (non-hydrogen) atoms. The van der Waals surface area contributed by atoms with Gasteiger partial charge in [0.25, 0.3) is 0 Å². The van der Waals surface area contributed by atoms with Gasteiger partial charge < -0.3 is 4.90 Å². The fraction of sp³-hybridized carbons (Fsp3) is 0.438. The zero-order chi connectivity index (χ0) is 17.1. The molecule has 1 saturated heterocycles. The van der Waals surface area contributed by atoms with Gasteiger partial charge in [0.2, 0.25) is 5.91 Å². The maximum Gasteiger partial charge on any atom is 0.416 e. The van der Waals surface area contributed by atoms with Crippen molar-refractivity contribution in [1.82, 2.24) is 19.7 Å². The van der Waals surface area contributed by atoms with E-state index in [0.29, 0.717) is 23.8 Å². The highest BCUT2D eigenvalue weighted by Gasteiger charge is 2.43. The third-order valence-electron chi connectivity index (χ3n) is 4.75. The second kappa shape index (κ2) is 5.06. The molecule has 0 unspecified atom stereocenters. The standard InChI is InChI=1S/C16H15F3N4O/c1-9-15(24)22-7-3-6-12(22)14-21-20-13(23(9)14)10-4-2-5-11(8-10)16(17,18)19/h2,4-5,8-9,12H,3,6-7H2,1H3/t9-,12-/m0/s1. The van der Waals surface area contributed by atoms with Crippen molar-refractivity contribution in [3.63, 3.8) is 0 Å². The van der Waals surface area contributed by atoms with Gasteiger partial charge in [-0.25, -0.2) is 0 Å². The van der Waals surface area contributed by atoms with Gasteiger partial charge in [0, 0.05) is 12.1 Å². The molecule has 0 N–H and O–H groups in total. The molecule has 1 aromatic heterocycles. The number of amides is 1. The van der Waals surface area contributed by atoms with Gasteiger partial charge in [0.1, 0.15) is 6.04 Å². The Morgan fingerprint density at radius 2 is 2.04 bits per heavy atom. The van der Waals surface area contributed by atoms with Crippen LogP contribution in [0, 0.1) is 0 Å². The van der Waals surface area contributed by atoms with E-state index in [-0.39, 0.29) is 11.9 Å². The molecular formula is C16H15F3N4O. The van der Waals surface area contributed by atoms with E-state index in [2.05, 4.69) is 10.2 Å². The third-order valence-corrected chi connectivity index (χ3v) is 4.75. The smallest absolute Gasteiger partial charge is 0.331 e. The van der Waals surface area contributed by atoms with Crippen LogP contribution in [0.2, 0.25) is 0 Å². The van der Waals surface area contributed by atoms with Crippen LogP contribution in [0.4, 0.5) is 13.2 Å². The largest absolute Gasteiger partial charge is 0.416 e. The van der Waals surface area contributed by atoms with E-state index in [1.165, 1.54) is 6.07 Å². The molecule has 4 rings (SSSR count). The van der Waals surface area contributed by atoms with E-state index in [4.69, 9.17) is 0 Å². The summed E-state index contributed by atoms with van der Waals surface area (Å²) in [7, 11) is 0. The maximum atomic E-state index is 13.0. The van der Waals surface area contributed by atoms with Crippen molar-refractivity contribution in [3.05, 3.63) is 35.7 Å². The number of fused-ring (bicyclic) bond motifs is 3. The summed E-state index contributed by atoms with van der Waals surface area (Å²) < 4.78 is 40.6. The van der Waals surface area contributed by atoms with E-state index in [1.54, 1.807) is 22.5 Å². The van der Waals surface area contributed by atoms with Crippen LogP contribution in [0.3, 0.4) is 0 Å². The number of benzene rings is 1. The van der Waals surface area contributed by atoms with E-state index in [0.717, 1.165) is 25.0 Å². The fourth-order valence-corrected chi connectivity index (χ4v) is 3.59. The van der Waals surface area contributed by atoms with Crippen LogP contribution in [0.1, 0.15) is 43.2 Å². The Morgan fingerprint density at radius 3 is 2.79 bits per heavy atom. The summed E-state index contributed by atoms with van der Waals surface area (Å²) in [6, 6.07) is 4.33. The molecule has 0 spiro atoms. The van der Waals surface area contributed by atoms with Crippen LogP contribution in [0.15, 0.2) is 24.3 Å². The van der Waals surface area contributed by atoms with Crippen LogP contribution in [0.5, 0.6) is 0 Å². The average Bonchev–Trinajstić information content (AvgIpc) is 3.18. The molecule has 2 aliphatic heterocycles. The highest BCUT2D eigenvalue weighted by molar-refractivity contribution is 5.83. The maximum absolute atomic E-state index is 13.0. The summed E-state index contributed by atoms with van der Waals surface area (Å²) in [5.41, 5.74) is -0.427. The van der Waals surface area contributed by atoms with Gasteiger partial charge >= 0.3 is 6.18 Å². The van der Waals surface area contributed by atoms with Gasteiger partial charge in [-0.1, -0.05) is 12.1 Å². The molecule has 8 heteroatoms. The van der Waals surface area contributed by atoms with Gasteiger partial charge in [0.15, 0.2) is 11.6 Å². The van der Waals surface area contributed by atoms with E-state index in [1.807, 2.05) is 0 Å². The summed E-state index contributed by atoms with van der Waals surface area (Å²) >= 11 is 0. The van der Waals surface area contributed by atoms with Gasteiger partial charge in [-0.3, -0.25) is 9.36 Å². The lowest BCUT2D eigenvalue weighted by molar-refractivity contribution is -0.138. The number of hydrogen-bond acceptors (Lipinski definition) is 3. The first-order chi connectivity index (χ1) is 11.4. The van der Waals surface area contributed by atoms with Crippen molar-refractivity contribution in [2.24, 2.45) is 0 Å². The summed E-state index contributed by atoms with van der Waals surface area (Å²) in [6.07, 6.45) is -2.72. The Hall–Kier alpha value is -2.38. The molecule has 5 nitrogen and oxygen atoms in total. The summed E-state index contributed by atoms with van der Waals surface area (Å²) in [5, 5.41) is 8.29. The fourth-order valence-electron chi connectivity index (χ4n) is 3.59. The lowest BCUT2D eigenvalue weighted by atomic mass is 10.1. The molecule has 0 aliphatic carbocycles. The Kier molecular flexibility index (Phi) is 3.20. The molecule has 2 aromatic rings. The van der Waals surface area contributed by atoms with Gasteiger partial charge in [-0.15, -0.1) is 10.2 Å². The van der Waals surface area contributed by atoms with Gasteiger partial charge in [-0.05, 0) is 31.9 Å². The summed E-state index contributed by atoms with van der Waals surface area (Å²) in [6.45, 7) is 2.43. The monoisotopic (exact) mass is 336 g/mol. The quantitative estimate of drug-likeness (QED) is 0.803. The number of carbonyl (C=O) groups excluding carboxylic acids is 1. The zero-order valence-corrected chi connectivity index (χ0v) is 12.9. The van der Waals surface area contributed by atoms with E-state index < -0.39 is 17.8 Å². The Morgan fingerprint density at radius 1 is 1.25 bits per heavy atom. The van der Waals surface area contributed by atoms with Crippen LogP contribution in [0.25, 0.3) is 11.4 Å². The molecule has 0 radical (unpaired) electrons. The summed E-state index contributed by atoms with van der Waals surface area (Å²) in [5.74, 6) is 0.938. The Bertz CT molecular complexity index is 814. The second-order valence-electron chi connectivity index (χ2n) is 6.20. The van der Waals surface area contributed by atoms with Crippen molar-refractivity contribution in [1.29, 1.82) is 0 Å². The topological polar surface area (TPSA) is 51.0 Å². The lowest BCUT2D eigenvalue weighted by Gasteiger charge is -2.34. The molecule has 3 heterocycles. The number of nitrogens with zero attached hydrogens (tertiary/aromatic N) is 4. The van der Waals surface area contributed by atoms with Gasteiger partial charge in [-0.2, -0.15) is 13.2 Å². The molecule has 2 aliphatic rings. The van der Waals surface area contributed by atoms with Crippen LogP contribution in [-0.2, 0) is 11.0 Å². The molecule has 0 bridgehead atoms. The first-order valence-electron chi connectivity index (χ1n) is 7.81. The van der Waals surface area contributed by atoms with Crippen LogP contribution in [-0.4, -0.2) is 32.1 Å². The third kappa shape index (κ3) is 2.12. The number of carbonyl (C=O) groups is 1. The Balaban J connectivity index is 1.84. The van der Waals surface area contributed by atoms with Crippen molar-refractivity contribution >= 4 is 5.91 Å². The SMILES string of the molecule is C[C@H]1C(=O)N2CCC[C@H]2c2nnc(-c3cccc(C(F)(F)F)c3)n21. The van der Waals surface area contributed by atoms with E-state index in [9.17, 15) is 18.0 Å². The predicted octanol–water partition coefficient (Wildman–Crippen LogP) is 3.20. The first kappa shape index (κ1) is 15.2. The van der Waals surface area contributed by atoms with Crippen molar-refractivity contribution in [2.45, 2.75) is 38.0 Å². The predicted molar refractivity (Wildman–Crippen MR) is 78.9 cm³/mol. The molecule has 2 atom stereocenters. The normalized spacial score (nSPS) is 23.3. The minimum absolute atomic E-state index is 0.0296. The molecule has 1 aromatic carbocycles. The lowest BCUT2D eigenvalue weighted by Crippen LogP contribution is -2.42. The second-order valence-corrected chi connectivity index (χ2v) is 6.20.